The maximum absolute atomic E-state index is 6.47. The van der Waals surface area contributed by atoms with Crippen LogP contribution >= 0.6 is 0 Å². The lowest BCUT2D eigenvalue weighted by Gasteiger charge is -2.25. The normalized spacial score (nSPS) is 10.9. The fraction of sp³-hybridized carbons (Fsp3) is 0.227. The SMILES string of the molecule is CCN(c1ncnc(NCCCn2ccnc2)c1N)c1cccc2ccccc12. The minimum Gasteiger partial charge on any atom is -0.393 e. The number of imidazole rings is 1. The molecule has 7 heteroatoms. The number of aromatic nitrogens is 4. The molecule has 0 saturated heterocycles. The lowest BCUT2D eigenvalue weighted by Crippen LogP contribution is -2.20. The van der Waals surface area contributed by atoms with Crippen molar-refractivity contribution in [2.45, 2.75) is 19.9 Å². The molecule has 0 radical (unpaired) electrons. The van der Waals surface area contributed by atoms with E-state index in [1.54, 1.807) is 12.5 Å². The quantitative estimate of drug-likeness (QED) is 0.443. The van der Waals surface area contributed by atoms with Crippen LogP contribution < -0.4 is 16.0 Å². The molecule has 148 valence electrons. The summed E-state index contributed by atoms with van der Waals surface area (Å²) in [6.07, 6.45) is 8.07. The van der Waals surface area contributed by atoms with Crippen molar-refractivity contribution in [1.82, 2.24) is 19.5 Å². The van der Waals surface area contributed by atoms with Gasteiger partial charge in [-0.3, -0.25) is 0 Å². The first-order valence-corrected chi connectivity index (χ1v) is 9.83. The lowest BCUT2D eigenvalue weighted by molar-refractivity contribution is 0.660. The Morgan fingerprint density at radius 1 is 1.10 bits per heavy atom. The number of rotatable bonds is 8. The highest BCUT2D eigenvalue weighted by Crippen LogP contribution is 2.35. The third kappa shape index (κ3) is 3.99. The molecule has 0 spiro atoms. The maximum Gasteiger partial charge on any atom is 0.161 e. The van der Waals surface area contributed by atoms with Crippen LogP contribution in [0.3, 0.4) is 0 Å². The van der Waals surface area contributed by atoms with Crippen molar-refractivity contribution in [2.75, 3.05) is 29.0 Å². The van der Waals surface area contributed by atoms with Crippen LogP contribution in [0.4, 0.5) is 23.0 Å². The van der Waals surface area contributed by atoms with Crippen molar-refractivity contribution in [3.05, 3.63) is 67.5 Å². The molecule has 7 nitrogen and oxygen atoms in total. The first-order chi connectivity index (χ1) is 14.3. The van der Waals surface area contributed by atoms with Crippen molar-refractivity contribution < 1.29 is 0 Å². The molecule has 0 amide bonds. The smallest absolute Gasteiger partial charge is 0.161 e. The van der Waals surface area contributed by atoms with Crippen molar-refractivity contribution in [1.29, 1.82) is 0 Å². The van der Waals surface area contributed by atoms with Gasteiger partial charge in [0.25, 0.3) is 0 Å². The fourth-order valence-electron chi connectivity index (χ4n) is 3.51. The fourth-order valence-corrected chi connectivity index (χ4v) is 3.51. The van der Waals surface area contributed by atoms with Gasteiger partial charge in [-0.1, -0.05) is 36.4 Å². The van der Waals surface area contributed by atoms with Gasteiger partial charge in [-0.15, -0.1) is 0 Å². The molecule has 2 heterocycles. The summed E-state index contributed by atoms with van der Waals surface area (Å²) in [7, 11) is 0. The lowest BCUT2D eigenvalue weighted by atomic mass is 10.1. The summed E-state index contributed by atoms with van der Waals surface area (Å²) in [4.78, 5) is 15.0. The van der Waals surface area contributed by atoms with Crippen LogP contribution in [0.25, 0.3) is 10.8 Å². The third-order valence-corrected chi connectivity index (χ3v) is 4.94. The summed E-state index contributed by atoms with van der Waals surface area (Å²) < 4.78 is 2.05. The standard InChI is InChI=1S/C22H25N7/c1-2-29(19-10-5-8-17-7-3-4-9-18(17)19)22-20(23)21(26-15-27-22)25-11-6-13-28-14-12-24-16-28/h3-5,7-10,12,14-16H,2,6,11,13,23H2,1H3,(H,25,26,27). The molecule has 0 saturated carbocycles. The average Bonchev–Trinajstić information content (AvgIpc) is 3.27. The maximum atomic E-state index is 6.47. The minimum absolute atomic E-state index is 0.560. The Hall–Kier alpha value is -3.61. The topological polar surface area (TPSA) is 84.9 Å². The van der Waals surface area contributed by atoms with Gasteiger partial charge in [0.15, 0.2) is 11.6 Å². The number of fused-ring (bicyclic) bond motifs is 1. The van der Waals surface area contributed by atoms with Crippen LogP contribution in [0.1, 0.15) is 13.3 Å². The van der Waals surface area contributed by atoms with Gasteiger partial charge < -0.3 is 20.5 Å². The highest BCUT2D eigenvalue weighted by Gasteiger charge is 2.17. The molecule has 0 aliphatic heterocycles. The largest absolute Gasteiger partial charge is 0.393 e. The molecule has 0 aliphatic carbocycles. The van der Waals surface area contributed by atoms with E-state index in [4.69, 9.17) is 5.73 Å². The average molecular weight is 387 g/mol. The first kappa shape index (κ1) is 18.7. The molecular formula is C22H25N7. The third-order valence-electron chi connectivity index (χ3n) is 4.94. The van der Waals surface area contributed by atoms with Crippen LogP contribution in [0, 0.1) is 0 Å². The number of nitrogens with one attached hydrogen (secondary N) is 1. The van der Waals surface area contributed by atoms with Gasteiger partial charge in [-0.05, 0) is 24.8 Å². The van der Waals surface area contributed by atoms with Crippen LogP contribution in [0.15, 0.2) is 67.5 Å². The van der Waals surface area contributed by atoms with Crippen LogP contribution in [0.5, 0.6) is 0 Å². The number of nitrogens with zero attached hydrogens (tertiary/aromatic N) is 5. The Morgan fingerprint density at radius 3 is 2.79 bits per heavy atom. The molecule has 0 fully saturated rings. The zero-order valence-corrected chi connectivity index (χ0v) is 16.5. The molecule has 4 aromatic rings. The molecule has 0 unspecified atom stereocenters. The highest BCUT2D eigenvalue weighted by atomic mass is 15.2. The molecule has 0 aliphatic rings. The van der Waals surface area contributed by atoms with Gasteiger partial charge in [0, 0.05) is 37.4 Å². The summed E-state index contributed by atoms with van der Waals surface area (Å²) in [6, 6.07) is 14.6. The molecular weight excluding hydrogens is 362 g/mol. The number of anilines is 4. The van der Waals surface area contributed by atoms with Gasteiger partial charge in [0.05, 0.1) is 12.0 Å². The highest BCUT2D eigenvalue weighted by molar-refractivity contribution is 5.97. The van der Waals surface area contributed by atoms with Gasteiger partial charge >= 0.3 is 0 Å². The van der Waals surface area contributed by atoms with Gasteiger partial charge in [0.2, 0.25) is 0 Å². The summed E-state index contributed by atoms with van der Waals surface area (Å²) >= 11 is 0. The number of nitrogen functional groups attached to an aromatic ring is 1. The number of aryl methyl sites for hydroxylation is 1. The Labute approximate surface area is 170 Å². The number of hydrogen-bond acceptors (Lipinski definition) is 6. The minimum atomic E-state index is 0.560. The summed E-state index contributed by atoms with van der Waals surface area (Å²) in [5.41, 5.74) is 8.12. The van der Waals surface area contributed by atoms with E-state index in [1.807, 2.05) is 18.6 Å². The molecule has 29 heavy (non-hydrogen) atoms. The van der Waals surface area contributed by atoms with E-state index < -0.39 is 0 Å². The van der Waals surface area contributed by atoms with Gasteiger partial charge in [-0.2, -0.15) is 0 Å². The molecule has 3 N–H and O–H groups in total. The predicted octanol–water partition coefficient (Wildman–Crippen LogP) is 4.07. The number of benzene rings is 2. The van der Waals surface area contributed by atoms with Crippen molar-refractivity contribution in [3.8, 4) is 0 Å². The monoisotopic (exact) mass is 387 g/mol. The second-order valence-electron chi connectivity index (χ2n) is 6.78. The van der Waals surface area contributed by atoms with E-state index in [1.165, 1.54) is 10.8 Å². The van der Waals surface area contributed by atoms with E-state index in [0.29, 0.717) is 11.5 Å². The van der Waals surface area contributed by atoms with E-state index >= 15 is 0 Å². The summed E-state index contributed by atoms with van der Waals surface area (Å²) in [6.45, 7) is 4.50. The van der Waals surface area contributed by atoms with Crippen molar-refractivity contribution in [3.63, 3.8) is 0 Å². The number of nitrogens with two attached hydrogens (primary N) is 1. The number of hydrogen-bond donors (Lipinski definition) is 2. The zero-order chi connectivity index (χ0) is 20.1. The van der Waals surface area contributed by atoms with Crippen LogP contribution in [0.2, 0.25) is 0 Å². The van der Waals surface area contributed by atoms with E-state index in [0.717, 1.165) is 37.6 Å². The zero-order valence-electron chi connectivity index (χ0n) is 16.5. The van der Waals surface area contributed by atoms with Crippen molar-refractivity contribution >= 4 is 33.8 Å². The van der Waals surface area contributed by atoms with Crippen LogP contribution in [-0.4, -0.2) is 32.6 Å². The van der Waals surface area contributed by atoms with Gasteiger partial charge in [-0.25, -0.2) is 15.0 Å². The second-order valence-corrected chi connectivity index (χ2v) is 6.78. The van der Waals surface area contributed by atoms with Gasteiger partial charge in [0.1, 0.15) is 12.0 Å². The second kappa shape index (κ2) is 8.60. The van der Waals surface area contributed by atoms with E-state index in [-0.39, 0.29) is 0 Å². The molecule has 2 aromatic carbocycles. The molecule has 0 bridgehead atoms. The summed E-state index contributed by atoms with van der Waals surface area (Å²) in [5.74, 6) is 1.38. The Balaban J connectivity index is 1.56. The Bertz CT molecular complexity index is 1070. The Morgan fingerprint density at radius 2 is 1.97 bits per heavy atom. The van der Waals surface area contributed by atoms with Crippen LogP contribution in [-0.2, 0) is 6.54 Å². The van der Waals surface area contributed by atoms with Crippen molar-refractivity contribution in [2.24, 2.45) is 0 Å². The molecule has 2 aromatic heterocycles. The molecule has 0 atom stereocenters. The first-order valence-electron chi connectivity index (χ1n) is 9.83. The molecule has 4 rings (SSSR count). The van der Waals surface area contributed by atoms with E-state index in [2.05, 4.69) is 73.1 Å². The van der Waals surface area contributed by atoms with E-state index in [9.17, 15) is 0 Å². The summed E-state index contributed by atoms with van der Waals surface area (Å²) in [5, 5.41) is 5.71. The Kier molecular flexibility index (Phi) is 5.56. The predicted molar refractivity (Wildman–Crippen MR) is 118 cm³/mol.